The fraction of sp³-hybridized carbons (Fsp3) is 0.391. The van der Waals surface area contributed by atoms with E-state index in [1.807, 2.05) is 13.0 Å². The van der Waals surface area contributed by atoms with E-state index in [9.17, 15) is 14.4 Å². The Bertz CT molecular complexity index is 1010. The van der Waals surface area contributed by atoms with E-state index in [0.29, 0.717) is 42.3 Å². The van der Waals surface area contributed by atoms with Crippen LogP contribution in [-0.2, 0) is 14.3 Å². The Morgan fingerprint density at radius 1 is 1.21 bits per heavy atom. The van der Waals surface area contributed by atoms with Gasteiger partial charge in [0.05, 0.1) is 12.5 Å². The number of aromatic nitrogens is 1. The molecule has 9 nitrogen and oxygen atoms in total. The third kappa shape index (κ3) is 5.80. The van der Waals surface area contributed by atoms with Gasteiger partial charge in [-0.1, -0.05) is 35.9 Å². The van der Waals surface area contributed by atoms with Gasteiger partial charge in [0.1, 0.15) is 12.4 Å². The molecule has 1 aliphatic rings. The summed E-state index contributed by atoms with van der Waals surface area (Å²) in [4.78, 5) is 43.0. The van der Waals surface area contributed by atoms with Gasteiger partial charge in [0.25, 0.3) is 0 Å². The highest BCUT2D eigenvalue weighted by Crippen LogP contribution is 2.46. The molecule has 1 unspecified atom stereocenters. The molecule has 0 radical (unpaired) electrons. The summed E-state index contributed by atoms with van der Waals surface area (Å²) < 4.78 is 5.56. The fourth-order valence-corrected chi connectivity index (χ4v) is 4.48. The molecule has 33 heavy (non-hydrogen) atoms. The molecule has 0 aliphatic carbocycles. The lowest BCUT2D eigenvalue weighted by atomic mass is 9.66. The van der Waals surface area contributed by atoms with Crippen molar-refractivity contribution in [2.75, 3.05) is 31.6 Å². The number of halogens is 1. The highest BCUT2D eigenvalue weighted by molar-refractivity contribution is 6.31. The largest absolute Gasteiger partial charge is 0.449 e. The van der Waals surface area contributed by atoms with E-state index in [1.54, 1.807) is 41.4 Å². The Kier molecular flexibility index (Phi) is 7.88. The van der Waals surface area contributed by atoms with Crippen LogP contribution in [0.3, 0.4) is 0 Å². The first-order chi connectivity index (χ1) is 15.8. The van der Waals surface area contributed by atoms with Crippen LogP contribution in [0.25, 0.3) is 0 Å². The second-order valence-corrected chi connectivity index (χ2v) is 8.63. The number of likely N-dealkylation sites (tertiary alicyclic amines) is 1. The van der Waals surface area contributed by atoms with Crippen LogP contribution in [0.5, 0.6) is 0 Å². The minimum Gasteiger partial charge on any atom is -0.449 e. The fourth-order valence-electron chi connectivity index (χ4n) is 4.23. The minimum atomic E-state index is -0.847. The minimum absolute atomic E-state index is 0.0891. The lowest BCUT2D eigenvalue weighted by Crippen LogP contribution is -2.51. The van der Waals surface area contributed by atoms with Gasteiger partial charge in [-0.25, -0.2) is 9.78 Å². The third-order valence-electron chi connectivity index (χ3n) is 6.03. The van der Waals surface area contributed by atoms with Crippen LogP contribution in [0.2, 0.25) is 5.02 Å². The van der Waals surface area contributed by atoms with Crippen molar-refractivity contribution >= 4 is 35.3 Å². The normalized spacial score (nSPS) is 16.0. The molecule has 1 aromatic carbocycles. The standard InChI is InChI=1S/C23H28ClN5O4/c1-15-6-7-18(27-13-15)28-22(32)33-14-23(8-10-29(11-9-23)19(30)12-25)20(21(26)31)16-4-2-3-5-17(16)24/h2-7,13,20H,8-12,14,25H2,1H3,(H2,26,31)(H,27,28,32). The quantitative estimate of drug-likeness (QED) is 0.564. The average molecular weight is 474 g/mol. The Hall–Kier alpha value is -3.17. The van der Waals surface area contributed by atoms with Crippen molar-refractivity contribution in [2.24, 2.45) is 16.9 Å². The van der Waals surface area contributed by atoms with Gasteiger partial charge in [-0.05, 0) is 43.0 Å². The summed E-state index contributed by atoms with van der Waals surface area (Å²) in [6, 6.07) is 10.4. The van der Waals surface area contributed by atoms with Gasteiger partial charge in [-0.15, -0.1) is 0 Å². The number of pyridine rings is 1. The van der Waals surface area contributed by atoms with Crippen molar-refractivity contribution in [3.05, 3.63) is 58.7 Å². The first-order valence-electron chi connectivity index (χ1n) is 10.6. The monoisotopic (exact) mass is 473 g/mol. The molecule has 2 aromatic rings. The molecule has 3 rings (SSSR count). The highest BCUT2D eigenvalue weighted by atomic mass is 35.5. The lowest BCUT2D eigenvalue weighted by Gasteiger charge is -2.45. The number of nitrogens with two attached hydrogens (primary N) is 2. The van der Waals surface area contributed by atoms with E-state index >= 15 is 0 Å². The highest BCUT2D eigenvalue weighted by Gasteiger charge is 2.47. The molecule has 0 saturated carbocycles. The van der Waals surface area contributed by atoms with E-state index in [1.165, 1.54) is 0 Å². The molecule has 1 fully saturated rings. The van der Waals surface area contributed by atoms with Crippen LogP contribution >= 0.6 is 11.6 Å². The molecule has 5 N–H and O–H groups in total. The Morgan fingerprint density at radius 3 is 2.48 bits per heavy atom. The number of piperidine rings is 1. The Morgan fingerprint density at radius 2 is 1.91 bits per heavy atom. The summed E-state index contributed by atoms with van der Waals surface area (Å²) in [6.45, 7) is 2.41. The summed E-state index contributed by atoms with van der Waals surface area (Å²) in [5, 5.41) is 2.98. The molecule has 10 heteroatoms. The summed E-state index contributed by atoms with van der Waals surface area (Å²) >= 11 is 6.41. The smallest absolute Gasteiger partial charge is 0.412 e. The second-order valence-electron chi connectivity index (χ2n) is 8.23. The van der Waals surface area contributed by atoms with Gasteiger partial charge in [-0.2, -0.15) is 0 Å². The van der Waals surface area contributed by atoms with E-state index in [4.69, 9.17) is 27.8 Å². The number of amides is 3. The number of carbonyl (C=O) groups excluding carboxylic acids is 3. The van der Waals surface area contributed by atoms with Crippen molar-refractivity contribution in [1.29, 1.82) is 0 Å². The van der Waals surface area contributed by atoms with Crippen LogP contribution in [0.4, 0.5) is 10.6 Å². The van der Waals surface area contributed by atoms with Gasteiger partial charge >= 0.3 is 6.09 Å². The number of benzene rings is 1. The Labute approximate surface area is 197 Å². The first kappa shape index (κ1) is 24.5. The topological polar surface area (TPSA) is 141 Å². The molecule has 3 amide bonds. The number of hydrogen-bond acceptors (Lipinski definition) is 6. The summed E-state index contributed by atoms with van der Waals surface area (Å²) in [7, 11) is 0. The number of ether oxygens (including phenoxy) is 1. The van der Waals surface area contributed by atoms with Gasteiger partial charge in [0.15, 0.2) is 0 Å². The molecular formula is C23H28ClN5O4. The van der Waals surface area contributed by atoms with Crippen LogP contribution in [-0.4, -0.2) is 54.0 Å². The zero-order chi connectivity index (χ0) is 24.0. The molecule has 1 aromatic heterocycles. The van der Waals surface area contributed by atoms with E-state index in [0.717, 1.165) is 5.56 Å². The predicted octanol–water partition coefficient (Wildman–Crippen LogP) is 2.43. The maximum Gasteiger partial charge on any atom is 0.412 e. The van der Waals surface area contributed by atoms with Gasteiger partial charge in [-0.3, -0.25) is 14.9 Å². The third-order valence-corrected chi connectivity index (χ3v) is 6.38. The van der Waals surface area contributed by atoms with Crippen molar-refractivity contribution in [3.8, 4) is 0 Å². The molecule has 0 bridgehead atoms. The zero-order valence-electron chi connectivity index (χ0n) is 18.4. The summed E-state index contributed by atoms with van der Waals surface area (Å²) in [6.07, 6.45) is 1.69. The molecule has 2 heterocycles. The number of nitrogens with one attached hydrogen (secondary N) is 1. The van der Waals surface area contributed by atoms with Crippen molar-refractivity contribution < 1.29 is 19.1 Å². The predicted molar refractivity (Wildman–Crippen MR) is 125 cm³/mol. The molecular weight excluding hydrogens is 446 g/mol. The maximum absolute atomic E-state index is 12.7. The van der Waals surface area contributed by atoms with E-state index < -0.39 is 23.3 Å². The van der Waals surface area contributed by atoms with E-state index in [2.05, 4.69) is 10.3 Å². The zero-order valence-corrected chi connectivity index (χ0v) is 19.2. The molecule has 1 aliphatic heterocycles. The Balaban J connectivity index is 1.84. The maximum atomic E-state index is 12.7. The second kappa shape index (κ2) is 10.6. The number of nitrogens with zero attached hydrogens (tertiary/aromatic N) is 2. The lowest BCUT2D eigenvalue weighted by molar-refractivity contribution is -0.134. The summed E-state index contributed by atoms with van der Waals surface area (Å²) in [5.74, 6) is -1.22. The number of primary amides is 1. The van der Waals surface area contributed by atoms with Crippen molar-refractivity contribution in [2.45, 2.75) is 25.7 Å². The van der Waals surface area contributed by atoms with Crippen molar-refractivity contribution in [3.63, 3.8) is 0 Å². The van der Waals surface area contributed by atoms with Gasteiger partial charge in [0, 0.05) is 29.7 Å². The number of anilines is 1. The summed E-state index contributed by atoms with van der Waals surface area (Å²) in [5.41, 5.74) is 12.0. The SMILES string of the molecule is Cc1ccc(NC(=O)OCC2(C(C(N)=O)c3ccccc3Cl)CCN(C(=O)CN)CC2)nc1. The number of rotatable bonds is 7. The number of carbonyl (C=O) groups is 3. The first-order valence-corrected chi connectivity index (χ1v) is 11.0. The molecule has 176 valence electrons. The van der Waals surface area contributed by atoms with Crippen LogP contribution in [0.1, 0.15) is 29.9 Å². The van der Waals surface area contributed by atoms with Crippen LogP contribution in [0, 0.1) is 12.3 Å². The van der Waals surface area contributed by atoms with Gasteiger partial charge < -0.3 is 21.1 Å². The van der Waals surface area contributed by atoms with Crippen LogP contribution in [0.15, 0.2) is 42.6 Å². The van der Waals surface area contributed by atoms with Crippen molar-refractivity contribution in [1.82, 2.24) is 9.88 Å². The molecule has 1 atom stereocenters. The number of aryl methyl sites for hydroxylation is 1. The average Bonchev–Trinajstić information content (AvgIpc) is 2.80. The van der Waals surface area contributed by atoms with E-state index in [-0.39, 0.29) is 19.1 Å². The molecule has 1 saturated heterocycles. The van der Waals surface area contributed by atoms with Crippen LogP contribution < -0.4 is 16.8 Å². The number of hydrogen-bond donors (Lipinski definition) is 3. The van der Waals surface area contributed by atoms with Gasteiger partial charge in [0.2, 0.25) is 11.8 Å². The molecule has 0 spiro atoms.